The van der Waals surface area contributed by atoms with E-state index in [1.165, 1.54) is 0 Å². The van der Waals surface area contributed by atoms with Crippen LogP contribution in [0.2, 0.25) is 0 Å². The Kier molecular flexibility index (Phi) is 6.74. The predicted molar refractivity (Wildman–Crippen MR) is 207 cm³/mol. The van der Waals surface area contributed by atoms with Gasteiger partial charge in [-0.05, 0) is 47.5 Å². The summed E-state index contributed by atoms with van der Waals surface area (Å²) in [5.74, 6) is 1.83. The van der Waals surface area contributed by atoms with E-state index in [1.807, 2.05) is 54.6 Å². The van der Waals surface area contributed by atoms with Crippen molar-refractivity contribution >= 4 is 43.6 Å². The first kappa shape index (κ1) is 29.0. The number of pyridine rings is 1. The quantitative estimate of drug-likeness (QED) is 0.173. The molecule has 5 heteroatoms. The summed E-state index contributed by atoms with van der Waals surface area (Å²) in [6.07, 6.45) is 0. The van der Waals surface area contributed by atoms with E-state index in [0.29, 0.717) is 17.5 Å². The summed E-state index contributed by atoms with van der Waals surface area (Å²) in [7, 11) is 0. The number of hydrogen-bond donors (Lipinski definition) is 0. The van der Waals surface area contributed by atoms with Crippen LogP contribution in [-0.4, -0.2) is 19.9 Å². The van der Waals surface area contributed by atoms with Crippen LogP contribution >= 0.6 is 0 Å². The third-order valence-corrected chi connectivity index (χ3v) is 9.52. The smallest absolute Gasteiger partial charge is 0.164 e. The van der Waals surface area contributed by atoms with E-state index in [1.54, 1.807) is 0 Å². The minimum atomic E-state index is 0.595. The lowest BCUT2D eigenvalue weighted by atomic mass is 9.95. The van der Waals surface area contributed by atoms with Crippen molar-refractivity contribution in [3.63, 3.8) is 0 Å². The molecule has 0 N–H and O–H groups in total. The van der Waals surface area contributed by atoms with Crippen LogP contribution in [0.5, 0.6) is 0 Å². The van der Waals surface area contributed by atoms with Gasteiger partial charge >= 0.3 is 0 Å². The van der Waals surface area contributed by atoms with Gasteiger partial charge in [0.05, 0.1) is 11.2 Å². The number of para-hydroxylation sites is 1. The minimum absolute atomic E-state index is 0.595. The topological polar surface area (TPSA) is 64.7 Å². The largest absolute Gasteiger partial charge is 0.456 e. The molecule has 0 saturated heterocycles. The summed E-state index contributed by atoms with van der Waals surface area (Å²) >= 11 is 0. The third kappa shape index (κ3) is 5.03. The first-order valence-electron chi connectivity index (χ1n) is 17.0. The van der Waals surface area contributed by atoms with E-state index in [4.69, 9.17) is 24.4 Å². The molecule has 3 aromatic heterocycles. The molecule has 0 fully saturated rings. The highest BCUT2D eigenvalue weighted by Crippen LogP contribution is 2.42. The van der Waals surface area contributed by atoms with Crippen molar-refractivity contribution < 1.29 is 4.42 Å². The van der Waals surface area contributed by atoms with Gasteiger partial charge < -0.3 is 4.42 Å². The molecule has 7 aromatic carbocycles. The Morgan fingerprint density at radius 2 is 0.843 bits per heavy atom. The number of aromatic nitrogens is 4. The molecule has 0 aliphatic heterocycles. The second kappa shape index (κ2) is 11.9. The molecule has 5 nitrogen and oxygen atoms in total. The number of hydrogen-bond acceptors (Lipinski definition) is 5. The highest BCUT2D eigenvalue weighted by atomic mass is 16.3. The molecule has 238 valence electrons. The molecule has 3 heterocycles. The Labute approximate surface area is 293 Å². The second-order valence-electron chi connectivity index (χ2n) is 12.6. The van der Waals surface area contributed by atoms with Crippen molar-refractivity contribution in [1.82, 2.24) is 19.9 Å². The van der Waals surface area contributed by atoms with Gasteiger partial charge in [0, 0.05) is 49.2 Å². The molecule has 0 amide bonds. The SMILES string of the molecule is c1ccc(-c2ccc(-c3nc(-c4ccccc4)nc(-c4ccc5nc(-c6ccccc6)c6ccc7oc8ccccc8c7c6c5c4)n3)cc2)cc1. The van der Waals surface area contributed by atoms with Gasteiger partial charge in [0.25, 0.3) is 0 Å². The lowest BCUT2D eigenvalue weighted by Crippen LogP contribution is -2.00. The molecule has 0 aliphatic carbocycles. The Morgan fingerprint density at radius 3 is 1.55 bits per heavy atom. The van der Waals surface area contributed by atoms with Gasteiger partial charge in [0.1, 0.15) is 11.2 Å². The first-order chi connectivity index (χ1) is 25.3. The predicted octanol–water partition coefficient (Wildman–Crippen LogP) is 11.8. The second-order valence-corrected chi connectivity index (χ2v) is 12.6. The van der Waals surface area contributed by atoms with Gasteiger partial charge in [0.2, 0.25) is 0 Å². The number of rotatable bonds is 5. The molecule has 0 saturated carbocycles. The Bertz CT molecular complexity index is 2890. The summed E-state index contributed by atoms with van der Waals surface area (Å²) in [6.45, 7) is 0. The zero-order valence-electron chi connectivity index (χ0n) is 27.4. The molecule has 0 unspecified atom stereocenters. The van der Waals surface area contributed by atoms with E-state index >= 15 is 0 Å². The van der Waals surface area contributed by atoms with Gasteiger partial charge in [-0.25, -0.2) is 19.9 Å². The maximum absolute atomic E-state index is 6.38. The fourth-order valence-corrected chi connectivity index (χ4v) is 7.06. The maximum Gasteiger partial charge on any atom is 0.164 e. The maximum atomic E-state index is 6.38. The van der Waals surface area contributed by atoms with Crippen LogP contribution < -0.4 is 0 Å². The average molecular weight is 653 g/mol. The van der Waals surface area contributed by atoms with E-state index in [2.05, 4.69) is 115 Å². The monoisotopic (exact) mass is 652 g/mol. The molecule has 0 radical (unpaired) electrons. The van der Waals surface area contributed by atoms with E-state index < -0.39 is 0 Å². The Morgan fingerprint density at radius 1 is 0.314 bits per heavy atom. The highest BCUT2D eigenvalue weighted by Gasteiger charge is 2.19. The molecular weight excluding hydrogens is 625 g/mol. The van der Waals surface area contributed by atoms with Crippen molar-refractivity contribution in [3.8, 4) is 56.5 Å². The summed E-state index contributed by atoms with van der Waals surface area (Å²) in [5, 5.41) is 5.31. The van der Waals surface area contributed by atoms with Gasteiger partial charge in [0.15, 0.2) is 17.5 Å². The first-order valence-corrected chi connectivity index (χ1v) is 17.0. The van der Waals surface area contributed by atoms with Crippen LogP contribution in [0.3, 0.4) is 0 Å². The van der Waals surface area contributed by atoms with E-state index in [-0.39, 0.29) is 0 Å². The van der Waals surface area contributed by atoms with Crippen molar-refractivity contribution in [2.24, 2.45) is 0 Å². The van der Waals surface area contributed by atoms with Gasteiger partial charge in [-0.15, -0.1) is 0 Å². The molecule has 51 heavy (non-hydrogen) atoms. The standard InChI is InChI=1S/C46H28N4O/c1-4-12-29(13-5-1)30-20-22-33(23-21-30)45-48-44(32-16-8-3-9-17-32)49-46(50-45)34-24-26-38-37(28-34)41-36(43(47-38)31-14-6-2-7-15-31)25-27-40-42(41)35-18-10-11-19-39(35)51-40/h1-28H. The zero-order chi connectivity index (χ0) is 33.7. The average Bonchev–Trinajstić information content (AvgIpc) is 3.60. The van der Waals surface area contributed by atoms with E-state index in [9.17, 15) is 0 Å². The van der Waals surface area contributed by atoms with Crippen LogP contribution in [0.25, 0.3) is 100 Å². The lowest BCUT2D eigenvalue weighted by Gasteiger charge is -2.13. The minimum Gasteiger partial charge on any atom is -0.456 e. The van der Waals surface area contributed by atoms with Crippen molar-refractivity contribution in [3.05, 3.63) is 170 Å². The van der Waals surface area contributed by atoms with Crippen molar-refractivity contribution in [2.75, 3.05) is 0 Å². The Hall–Kier alpha value is -6.98. The van der Waals surface area contributed by atoms with Crippen LogP contribution in [-0.2, 0) is 0 Å². The number of furan rings is 1. The van der Waals surface area contributed by atoms with E-state index in [0.717, 1.165) is 82.7 Å². The molecule has 0 aliphatic rings. The molecule has 0 atom stereocenters. The normalized spacial score (nSPS) is 11.5. The third-order valence-electron chi connectivity index (χ3n) is 9.52. The van der Waals surface area contributed by atoms with Gasteiger partial charge in [-0.3, -0.25) is 0 Å². The fraction of sp³-hybridized carbons (Fsp3) is 0. The Balaban J connectivity index is 1.21. The van der Waals surface area contributed by atoms with Gasteiger partial charge in [-0.2, -0.15) is 0 Å². The number of benzene rings is 7. The van der Waals surface area contributed by atoms with Crippen LogP contribution in [0.1, 0.15) is 0 Å². The molecule has 10 rings (SSSR count). The highest BCUT2D eigenvalue weighted by molar-refractivity contribution is 6.28. The van der Waals surface area contributed by atoms with Crippen molar-refractivity contribution in [1.29, 1.82) is 0 Å². The lowest BCUT2D eigenvalue weighted by molar-refractivity contribution is 0.669. The van der Waals surface area contributed by atoms with Crippen LogP contribution in [0.4, 0.5) is 0 Å². The van der Waals surface area contributed by atoms with Crippen molar-refractivity contribution in [2.45, 2.75) is 0 Å². The van der Waals surface area contributed by atoms with Gasteiger partial charge in [-0.1, -0.05) is 133 Å². The molecular formula is C46H28N4O. The number of fused-ring (bicyclic) bond motifs is 7. The number of nitrogens with zero attached hydrogens (tertiary/aromatic N) is 4. The summed E-state index contributed by atoms with van der Waals surface area (Å²) in [4.78, 5) is 20.4. The molecule has 0 bridgehead atoms. The summed E-state index contributed by atoms with van der Waals surface area (Å²) in [5.41, 5.74) is 9.61. The van der Waals surface area contributed by atoms with Crippen LogP contribution in [0, 0.1) is 0 Å². The zero-order valence-corrected chi connectivity index (χ0v) is 27.4. The molecule has 0 spiro atoms. The summed E-state index contributed by atoms with van der Waals surface area (Å²) < 4.78 is 6.38. The molecule has 10 aromatic rings. The van der Waals surface area contributed by atoms with Crippen LogP contribution in [0.15, 0.2) is 174 Å². The summed E-state index contributed by atoms with van der Waals surface area (Å²) in [6, 6.07) is 58.0. The fourth-order valence-electron chi connectivity index (χ4n) is 7.06.